The number of aliphatic imine (C=N–C) groups is 1. The van der Waals surface area contributed by atoms with Crippen molar-refractivity contribution in [1.82, 2.24) is 0 Å². The minimum absolute atomic E-state index is 0.00429. The maximum atomic E-state index is 12.1. The second-order valence-electron chi connectivity index (χ2n) is 5.61. The van der Waals surface area contributed by atoms with Crippen LogP contribution in [0.3, 0.4) is 0 Å². The van der Waals surface area contributed by atoms with Gasteiger partial charge in [0.15, 0.2) is 5.78 Å². The number of carbonyl (C=O) groups excluding carboxylic acids is 1. The quantitative estimate of drug-likeness (QED) is 0.328. The van der Waals surface area contributed by atoms with Crippen molar-refractivity contribution in [3.63, 3.8) is 0 Å². The summed E-state index contributed by atoms with van der Waals surface area (Å²) in [6, 6.07) is 5.72. The maximum absolute atomic E-state index is 12.1. The van der Waals surface area contributed by atoms with Gasteiger partial charge in [0.25, 0.3) is 11.6 Å². The summed E-state index contributed by atoms with van der Waals surface area (Å²) in [7, 11) is 0. The molecular weight excluding hydrogens is 356 g/mol. The average Bonchev–Trinajstić information content (AvgIpc) is 2.64. The fourth-order valence-electron chi connectivity index (χ4n) is 2.47. The molecule has 0 unspecified atom stereocenters. The van der Waals surface area contributed by atoms with Gasteiger partial charge < -0.3 is 14.6 Å². The standard InChI is InChI=1S/C18H18N2O7/c1-3-12(19-9-10-5-7-11(8-6-10)20(25)26)14-16(22)15(13(21)4-2)18(24)27-17(14)23/h5-8,22,24H,3-4,9H2,1-2H3. The van der Waals surface area contributed by atoms with E-state index < -0.39 is 33.6 Å². The summed E-state index contributed by atoms with van der Waals surface area (Å²) in [6.07, 6.45) is 0.242. The van der Waals surface area contributed by atoms with Gasteiger partial charge in [0.1, 0.15) is 16.9 Å². The van der Waals surface area contributed by atoms with Crippen LogP contribution in [-0.2, 0) is 6.54 Å². The largest absolute Gasteiger partial charge is 0.506 e. The molecule has 0 spiro atoms. The molecule has 2 N–H and O–H groups in total. The second kappa shape index (κ2) is 8.26. The van der Waals surface area contributed by atoms with Gasteiger partial charge in [0.05, 0.1) is 17.2 Å². The van der Waals surface area contributed by atoms with E-state index in [0.29, 0.717) is 5.56 Å². The number of ketones is 1. The van der Waals surface area contributed by atoms with Crippen LogP contribution in [0.4, 0.5) is 5.69 Å². The zero-order valence-electron chi connectivity index (χ0n) is 14.8. The van der Waals surface area contributed by atoms with Crippen molar-refractivity contribution >= 4 is 17.2 Å². The Kier molecular flexibility index (Phi) is 6.07. The number of non-ortho nitro benzene ring substituents is 1. The summed E-state index contributed by atoms with van der Waals surface area (Å²) < 4.78 is 4.68. The van der Waals surface area contributed by atoms with Crippen molar-refractivity contribution in [2.24, 2.45) is 4.99 Å². The van der Waals surface area contributed by atoms with Crippen LogP contribution in [0.15, 0.2) is 38.5 Å². The Hall–Kier alpha value is -3.49. The summed E-state index contributed by atoms with van der Waals surface area (Å²) in [5.74, 6) is -2.18. The molecule has 0 saturated heterocycles. The van der Waals surface area contributed by atoms with Crippen LogP contribution < -0.4 is 5.63 Å². The SMILES string of the molecule is CCC(=O)c1c(O)oc(=O)c(C(CC)=NCc2ccc([N+](=O)[O-])cc2)c1O. The second-order valence-corrected chi connectivity index (χ2v) is 5.61. The van der Waals surface area contributed by atoms with Gasteiger partial charge in [0.2, 0.25) is 0 Å². The Morgan fingerprint density at radius 1 is 1.15 bits per heavy atom. The molecule has 0 radical (unpaired) electrons. The van der Waals surface area contributed by atoms with Gasteiger partial charge in [-0.2, -0.15) is 0 Å². The number of hydrogen-bond acceptors (Lipinski definition) is 8. The molecule has 0 aliphatic rings. The van der Waals surface area contributed by atoms with Crippen molar-refractivity contribution in [2.75, 3.05) is 0 Å². The van der Waals surface area contributed by atoms with Gasteiger partial charge in [-0.05, 0) is 12.0 Å². The maximum Gasteiger partial charge on any atom is 0.351 e. The predicted octanol–water partition coefficient (Wildman–Crippen LogP) is 2.95. The summed E-state index contributed by atoms with van der Waals surface area (Å²) in [5.41, 5.74) is -0.971. The zero-order valence-corrected chi connectivity index (χ0v) is 14.8. The molecule has 1 heterocycles. The first-order chi connectivity index (χ1) is 12.8. The monoisotopic (exact) mass is 374 g/mol. The number of hydrogen-bond donors (Lipinski definition) is 2. The smallest absolute Gasteiger partial charge is 0.351 e. The minimum Gasteiger partial charge on any atom is -0.506 e. The predicted molar refractivity (Wildman–Crippen MR) is 96.6 cm³/mol. The normalized spacial score (nSPS) is 11.4. The molecule has 142 valence electrons. The molecule has 2 rings (SSSR count). The number of Topliss-reactive ketones (excluding diaryl/α,β-unsaturated/α-hetero) is 1. The molecule has 0 saturated carbocycles. The van der Waals surface area contributed by atoms with Gasteiger partial charge in [0, 0.05) is 18.6 Å². The number of aromatic hydroxyl groups is 2. The fraction of sp³-hybridized carbons (Fsp3) is 0.278. The van der Waals surface area contributed by atoms with Crippen LogP contribution in [0, 0.1) is 10.1 Å². The van der Waals surface area contributed by atoms with Crippen LogP contribution in [0.1, 0.15) is 48.2 Å². The van der Waals surface area contributed by atoms with Crippen molar-refractivity contribution in [3.8, 4) is 11.7 Å². The first kappa shape index (κ1) is 19.8. The van der Waals surface area contributed by atoms with Gasteiger partial charge in [-0.15, -0.1) is 0 Å². The molecule has 9 nitrogen and oxygen atoms in total. The number of nitro groups is 1. The van der Waals surface area contributed by atoms with E-state index in [1.54, 1.807) is 6.92 Å². The number of carbonyl (C=O) groups is 1. The molecule has 0 aliphatic carbocycles. The van der Waals surface area contributed by atoms with E-state index in [1.165, 1.54) is 31.2 Å². The third-order valence-electron chi connectivity index (χ3n) is 3.90. The molecule has 1 aromatic carbocycles. The van der Waals surface area contributed by atoms with E-state index in [0.717, 1.165) is 0 Å². The zero-order chi connectivity index (χ0) is 20.1. The summed E-state index contributed by atoms with van der Waals surface area (Å²) in [5, 5.41) is 30.7. The molecule has 0 atom stereocenters. The Morgan fingerprint density at radius 3 is 2.30 bits per heavy atom. The highest BCUT2D eigenvalue weighted by molar-refractivity contribution is 6.07. The number of benzene rings is 1. The third kappa shape index (κ3) is 4.20. The minimum atomic E-state index is -1.01. The molecule has 1 aromatic heterocycles. The van der Waals surface area contributed by atoms with Gasteiger partial charge in [-0.25, -0.2) is 4.79 Å². The van der Waals surface area contributed by atoms with Crippen molar-refractivity contribution < 1.29 is 24.3 Å². The van der Waals surface area contributed by atoms with E-state index in [-0.39, 0.29) is 36.3 Å². The lowest BCUT2D eigenvalue weighted by molar-refractivity contribution is -0.384. The Balaban J connectivity index is 2.44. The number of nitro benzene ring substituents is 1. The van der Waals surface area contributed by atoms with E-state index in [4.69, 9.17) is 0 Å². The van der Waals surface area contributed by atoms with Gasteiger partial charge >= 0.3 is 5.63 Å². The highest BCUT2D eigenvalue weighted by atomic mass is 16.6. The molecule has 9 heteroatoms. The molecule has 0 aliphatic heterocycles. The number of nitrogens with zero attached hydrogens (tertiary/aromatic N) is 2. The highest BCUT2D eigenvalue weighted by Gasteiger charge is 2.25. The summed E-state index contributed by atoms with van der Waals surface area (Å²) >= 11 is 0. The average molecular weight is 374 g/mol. The lowest BCUT2D eigenvalue weighted by Crippen LogP contribution is -2.17. The van der Waals surface area contributed by atoms with E-state index in [9.17, 15) is 29.9 Å². The summed E-state index contributed by atoms with van der Waals surface area (Å²) in [6.45, 7) is 3.33. The lowest BCUT2D eigenvalue weighted by atomic mass is 10.0. The Bertz CT molecular complexity index is 959. The topological polar surface area (TPSA) is 143 Å². The third-order valence-corrected chi connectivity index (χ3v) is 3.90. The fourth-order valence-corrected chi connectivity index (χ4v) is 2.47. The van der Waals surface area contributed by atoms with Crippen LogP contribution in [0.2, 0.25) is 0 Å². The van der Waals surface area contributed by atoms with Crippen molar-refractivity contribution in [3.05, 3.63) is 61.5 Å². The molecule has 27 heavy (non-hydrogen) atoms. The van der Waals surface area contributed by atoms with Crippen molar-refractivity contribution in [1.29, 1.82) is 0 Å². The lowest BCUT2D eigenvalue weighted by Gasteiger charge is -2.10. The first-order valence-corrected chi connectivity index (χ1v) is 8.19. The summed E-state index contributed by atoms with van der Waals surface area (Å²) in [4.78, 5) is 38.5. The van der Waals surface area contributed by atoms with E-state index >= 15 is 0 Å². The Labute approximate surface area is 153 Å². The van der Waals surface area contributed by atoms with Gasteiger partial charge in [-0.3, -0.25) is 19.9 Å². The first-order valence-electron chi connectivity index (χ1n) is 8.19. The molecule has 0 amide bonds. The Morgan fingerprint density at radius 2 is 1.78 bits per heavy atom. The van der Waals surface area contributed by atoms with Crippen LogP contribution in [0.25, 0.3) is 0 Å². The molecule has 0 fully saturated rings. The van der Waals surface area contributed by atoms with Crippen LogP contribution in [0.5, 0.6) is 11.7 Å². The number of rotatable bonds is 7. The van der Waals surface area contributed by atoms with Gasteiger partial charge in [-0.1, -0.05) is 26.0 Å². The highest BCUT2D eigenvalue weighted by Crippen LogP contribution is 2.30. The molecular formula is C18H18N2O7. The molecule has 0 bridgehead atoms. The van der Waals surface area contributed by atoms with Crippen molar-refractivity contribution in [2.45, 2.75) is 33.2 Å². The van der Waals surface area contributed by atoms with E-state index in [2.05, 4.69) is 9.41 Å². The molecule has 2 aromatic rings. The van der Waals surface area contributed by atoms with Crippen LogP contribution in [-0.4, -0.2) is 26.6 Å². The van der Waals surface area contributed by atoms with Crippen LogP contribution >= 0.6 is 0 Å². The van der Waals surface area contributed by atoms with E-state index in [1.807, 2.05) is 0 Å².